The molecule has 1 aliphatic rings. The summed E-state index contributed by atoms with van der Waals surface area (Å²) in [6.07, 6.45) is 13.0. The molecule has 0 atom stereocenters. The largest absolute Gasteiger partial charge is 0.306 e. The summed E-state index contributed by atoms with van der Waals surface area (Å²) in [6.45, 7) is 0.473. The Balaban J connectivity index is 1.13. The minimum Gasteiger partial charge on any atom is -0.306 e. The van der Waals surface area contributed by atoms with E-state index in [1.165, 1.54) is 18.4 Å². The molecule has 0 amide bonds. The molecule has 0 saturated heterocycles. The number of halogens is 1. The average molecular weight is 490 g/mol. The van der Waals surface area contributed by atoms with Crippen molar-refractivity contribution in [1.29, 1.82) is 0 Å². The summed E-state index contributed by atoms with van der Waals surface area (Å²) in [5.74, 6) is 0.660. The number of hydrogen-bond donors (Lipinski definition) is 0. The Bertz CT molecular complexity index is 1460. The van der Waals surface area contributed by atoms with Crippen LogP contribution in [0.4, 0.5) is 0 Å². The molecule has 32 heavy (non-hydrogen) atoms. The zero-order valence-corrected chi connectivity index (χ0v) is 18.8. The Hall–Kier alpha value is -3.33. The summed E-state index contributed by atoms with van der Waals surface area (Å²) in [7, 11) is 0. The van der Waals surface area contributed by atoms with Crippen LogP contribution < -0.4 is 0 Å². The summed E-state index contributed by atoms with van der Waals surface area (Å²) in [5.41, 5.74) is 5.42. The molecule has 0 radical (unpaired) electrons. The van der Waals surface area contributed by atoms with Crippen molar-refractivity contribution in [3.05, 3.63) is 82.5 Å². The Morgan fingerprint density at radius 1 is 1.12 bits per heavy atom. The number of carbonyl (C=O) groups is 1. The van der Waals surface area contributed by atoms with Gasteiger partial charge in [0.15, 0.2) is 5.78 Å². The number of aromatic nitrogens is 7. The van der Waals surface area contributed by atoms with Gasteiger partial charge in [0.1, 0.15) is 11.3 Å². The van der Waals surface area contributed by atoms with Gasteiger partial charge in [-0.1, -0.05) is 27.2 Å². The van der Waals surface area contributed by atoms with E-state index in [4.69, 9.17) is 0 Å². The summed E-state index contributed by atoms with van der Waals surface area (Å²) >= 11 is 3.49. The Labute approximate surface area is 192 Å². The Morgan fingerprint density at radius 2 is 2.03 bits per heavy atom. The van der Waals surface area contributed by atoms with Crippen LogP contribution in [0.25, 0.3) is 11.2 Å². The van der Waals surface area contributed by atoms with Crippen LogP contribution in [0.3, 0.4) is 0 Å². The first-order valence-corrected chi connectivity index (χ1v) is 11.4. The first kappa shape index (κ1) is 19.4. The van der Waals surface area contributed by atoms with Gasteiger partial charge in [0.05, 0.1) is 36.0 Å². The Morgan fingerprint density at radius 3 is 2.91 bits per heavy atom. The van der Waals surface area contributed by atoms with Gasteiger partial charge in [0.2, 0.25) is 0 Å². The summed E-state index contributed by atoms with van der Waals surface area (Å²) in [4.78, 5) is 21.8. The standard InChI is InChI=1S/C23H20BrN7O/c24-17-7-8-29-14-25-19(21(29)9-17)4-5-22(32)20-13-31(28-27-20)12-18-11-30-10-16(15-1-2-15)3-6-23(30)26-18/h3,6-11,13-15H,1-2,4-5,12H2. The molecule has 0 bridgehead atoms. The molecular formula is C23H20BrN7O. The van der Waals surface area contributed by atoms with Crippen LogP contribution >= 0.6 is 15.9 Å². The van der Waals surface area contributed by atoms with Crippen molar-refractivity contribution in [1.82, 2.24) is 33.8 Å². The van der Waals surface area contributed by atoms with Crippen molar-refractivity contribution in [3.63, 3.8) is 0 Å². The molecule has 9 heteroatoms. The van der Waals surface area contributed by atoms with Gasteiger partial charge in [-0.3, -0.25) is 4.79 Å². The number of aryl methyl sites for hydroxylation is 1. The molecule has 5 heterocycles. The maximum Gasteiger partial charge on any atom is 0.185 e. The molecule has 1 fully saturated rings. The number of carbonyl (C=O) groups excluding carboxylic acids is 1. The maximum absolute atomic E-state index is 12.7. The van der Waals surface area contributed by atoms with E-state index < -0.39 is 0 Å². The lowest BCUT2D eigenvalue weighted by Gasteiger charge is -1.99. The van der Waals surface area contributed by atoms with E-state index in [0.29, 0.717) is 31.0 Å². The molecule has 0 aliphatic heterocycles. The molecule has 0 aromatic carbocycles. The molecule has 5 aromatic rings. The van der Waals surface area contributed by atoms with Gasteiger partial charge in [0, 0.05) is 29.5 Å². The lowest BCUT2D eigenvalue weighted by atomic mass is 10.1. The fraction of sp³-hybridized carbons (Fsp3) is 0.261. The number of imidazole rings is 2. The third kappa shape index (κ3) is 3.73. The van der Waals surface area contributed by atoms with Gasteiger partial charge < -0.3 is 8.80 Å². The van der Waals surface area contributed by atoms with Crippen LogP contribution in [0.2, 0.25) is 0 Å². The van der Waals surface area contributed by atoms with E-state index in [9.17, 15) is 4.79 Å². The van der Waals surface area contributed by atoms with Crippen LogP contribution in [0.5, 0.6) is 0 Å². The molecule has 1 aliphatic carbocycles. The number of pyridine rings is 2. The van der Waals surface area contributed by atoms with Gasteiger partial charge in [0.25, 0.3) is 0 Å². The van der Waals surface area contributed by atoms with Crippen LogP contribution in [0.15, 0.2) is 59.9 Å². The van der Waals surface area contributed by atoms with Crippen molar-refractivity contribution in [2.45, 2.75) is 38.1 Å². The molecule has 160 valence electrons. The van der Waals surface area contributed by atoms with Crippen molar-refractivity contribution in [2.24, 2.45) is 0 Å². The highest BCUT2D eigenvalue weighted by molar-refractivity contribution is 9.10. The number of Topliss-reactive ketones (excluding diaryl/α,β-unsaturated/α-hetero) is 1. The van der Waals surface area contributed by atoms with E-state index in [0.717, 1.165) is 27.0 Å². The number of hydrogen-bond acceptors (Lipinski definition) is 5. The van der Waals surface area contributed by atoms with E-state index in [1.54, 1.807) is 17.2 Å². The normalized spacial score (nSPS) is 13.9. The van der Waals surface area contributed by atoms with E-state index >= 15 is 0 Å². The number of rotatable bonds is 7. The average Bonchev–Trinajstić information content (AvgIpc) is 3.21. The quantitative estimate of drug-likeness (QED) is 0.321. The first-order valence-electron chi connectivity index (χ1n) is 10.6. The smallest absolute Gasteiger partial charge is 0.185 e. The third-order valence-electron chi connectivity index (χ3n) is 5.89. The van der Waals surface area contributed by atoms with Crippen molar-refractivity contribution in [3.8, 4) is 0 Å². The minimum absolute atomic E-state index is 0.0449. The first-order chi connectivity index (χ1) is 15.6. The number of fused-ring (bicyclic) bond motifs is 2. The molecule has 6 rings (SSSR count). The molecule has 1 saturated carbocycles. The zero-order chi connectivity index (χ0) is 21.7. The summed E-state index contributed by atoms with van der Waals surface area (Å²) in [5, 5.41) is 8.22. The highest BCUT2D eigenvalue weighted by atomic mass is 79.9. The fourth-order valence-electron chi connectivity index (χ4n) is 4.03. The topological polar surface area (TPSA) is 82.4 Å². The van der Waals surface area contributed by atoms with E-state index in [-0.39, 0.29) is 5.78 Å². The van der Waals surface area contributed by atoms with Crippen LogP contribution in [-0.2, 0) is 13.0 Å². The SMILES string of the molecule is O=C(CCc1ncn2ccc(Br)cc12)c1cn(Cc2cn3cc(C4CC4)ccc3n2)nn1. The second-order valence-corrected chi connectivity index (χ2v) is 9.20. The van der Waals surface area contributed by atoms with Crippen molar-refractivity contribution < 1.29 is 4.79 Å². The predicted molar refractivity (Wildman–Crippen MR) is 122 cm³/mol. The highest BCUT2D eigenvalue weighted by Crippen LogP contribution is 2.39. The van der Waals surface area contributed by atoms with Crippen molar-refractivity contribution >= 4 is 32.9 Å². The fourth-order valence-corrected chi connectivity index (χ4v) is 4.37. The van der Waals surface area contributed by atoms with Crippen molar-refractivity contribution in [2.75, 3.05) is 0 Å². The molecule has 0 spiro atoms. The predicted octanol–water partition coefficient (Wildman–Crippen LogP) is 4.08. The van der Waals surface area contributed by atoms with E-state index in [2.05, 4.69) is 58.9 Å². The number of nitrogens with zero attached hydrogens (tertiary/aromatic N) is 7. The molecule has 8 nitrogen and oxygen atoms in total. The molecule has 0 unspecified atom stereocenters. The lowest BCUT2D eigenvalue weighted by Crippen LogP contribution is -2.03. The third-order valence-corrected chi connectivity index (χ3v) is 6.38. The van der Waals surface area contributed by atoms with Crippen LogP contribution in [0, 0.1) is 0 Å². The van der Waals surface area contributed by atoms with Gasteiger partial charge in [-0.2, -0.15) is 0 Å². The van der Waals surface area contributed by atoms with Crippen LogP contribution in [-0.4, -0.2) is 39.5 Å². The second kappa shape index (κ2) is 7.67. The number of ketones is 1. The molecule has 5 aromatic heterocycles. The molecule has 0 N–H and O–H groups in total. The van der Waals surface area contributed by atoms with Gasteiger partial charge in [-0.15, -0.1) is 5.10 Å². The van der Waals surface area contributed by atoms with Crippen LogP contribution in [0.1, 0.15) is 52.6 Å². The van der Waals surface area contributed by atoms with E-state index in [1.807, 2.05) is 28.9 Å². The Kier molecular flexibility index (Phi) is 4.64. The molecular weight excluding hydrogens is 470 g/mol. The van der Waals surface area contributed by atoms with Gasteiger partial charge >= 0.3 is 0 Å². The highest BCUT2D eigenvalue weighted by Gasteiger charge is 2.23. The van der Waals surface area contributed by atoms with Gasteiger partial charge in [-0.25, -0.2) is 14.6 Å². The monoisotopic (exact) mass is 489 g/mol. The second-order valence-electron chi connectivity index (χ2n) is 8.29. The summed E-state index contributed by atoms with van der Waals surface area (Å²) < 4.78 is 6.67. The zero-order valence-electron chi connectivity index (χ0n) is 17.2. The van der Waals surface area contributed by atoms with Gasteiger partial charge in [-0.05, 0) is 48.9 Å². The summed E-state index contributed by atoms with van der Waals surface area (Å²) in [6, 6.07) is 8.19. The minimum atomic E-state index is -0.0449. The lowest BCUT2D eigenvalue weighted by molar-refractivity contribution is 0.0977. The maximum atomic E-state index is 12.7.